The molecule has 0 aliphatic carbocycles. The lowest BCUT2D eigenvalue weighted by Crippen LogP contribution is -1.98. The Morgan fingerprint density at radius 1 is 0.698 bits per heavy atom. The average molecular weight is 581 g/mol. The summed E-state index contributed by atoms with van der Waals surface area (Å²) in [7, 11) is 1.99. The molecule has 0 saturated heterocycles. The Balaban J connectivity index is 1.97. The molecule has 0 unspecified atom stereocenters. The molecular formula is C35H40N4O4. The van der Waals surface area contributed by atoms with Crippen molar-refractivity contribution in [1.29, 1.82) is 0 Å². The SMILES string of the molecule is CCC1=C(C)c2cc3[nH]c(cc4nc(cc5c(CCC(=O)O)c(C)c(cc1n2)n5C)C(CCC(=O)O)=C4C)c(C)c3CC. The van der Waals surface area contributed by atoms with Crippen LogP contribution < -0.4 is 0 Å². The van der Waals surface area contributed by atoms with Crippen LogP contribution in [-0.2, 0) is 29.5 Å². The Bertz CT molecular complexity index is 1900. The summed E-state index contributed by atoms with van der Waals surface area (Å²) in [5.41, 5.74) is 15.7. The molecule has 0 fully saturated rings. The van der Waals surface area contributed by atoms with E-state index < -0.39 is 11.9 Å². The lowest BCUT2D eigenvalue weighted by molar-refractivity contribution is -0.137. The minimum Gasteiger partial charge on any atom is -0.481 e. The second kappa shape index (κ2) is 11.7. The molecule has 43 heavy (non-hydrogen) atoms. The molecule has 0 amide bonds. The predicted octanol–water partition coefficient (Wildman–Crippen LogP) is 7.66. The molecule has 5 heterocycles. The van der Waals surface area contributed by atoms with E-state index in [2.05, 4.69) is 55.4 Å². The normalized spacial score (nSPS) is 13.3. The van der Waals surface area contributed by atoms with Gasteiger partial charge in [-0.3, -0.25) is 9.59 Å². The molecule has 2 aliphatic rings. The second-order valence-corrected chi connectivity index (χ2v) is 11.5. The van der Waals surface area contributed by atoms with Gasteiger partial charge in [-0.2, -0.15) is 0 Å². The highest BCUT2D eigenvalue weighted by molar-refractivity contribution is 5.95. The average Bonchev–Trinajstić information content (AvgIpc) is 3.59. The summed E-state index contributed by atoms with van der Waals surface area (Å²) < 4.78 is 2.09. The third kappa shape index (κ3) is 5.42. The highest BCUT2D eigenvalue weighted by Crippen LogP contribution is 2.37. The van der Waals surface area contributed by atoms with Crippen LogP contribution in [-0.4, -0.2) is 41.7 Å². The largest absolute Gasteiger partial charge is 0.481 e. The van der Waals surface area contributed by atoms with Gasteiger partial charge in [0.1, 0.15) is 0 Å². The highest BCUT2D eigenvalue weighted by Gasteiger charge is 2.22. The van der Waals surface area contributed by atoms with E-state index >= 15 is 0 Å². The summed E-state index contributed by atoms with van der Waals surface area (Å²) in [6, 6.07) is 8.32. The predicted molar refractivity (Wildman–Crippen MR) is 173 cm³/mol. The molecule has 3 aromatic rings. The van der Waals surface area contributed by atoms with Crippen LogP contribution >= 0.6 is 0 Å². The maximum absolute atomic E-state index is 11.6. The number of carbonyl (C=O) groups is 2. The minimum atomic E-state index is -0.861. The third-order valence-electron chi connectivity index (χ3n) is 9.09. The van der Waals surface area contributed by atoms with E-state index in [1.54, 1.807) is 0 Å². The Hall–Kier alpha value is -4.46. The van der Waals surface area contributed by atoms with E-state index in [1.165, 1.54) is 11.1 Å². The summed E-state index contributed by atoms with van der Waals surface area (Å²) in [5, 5.41) is 19.1. The number of nitrogens with one attached hydrogen (secondary N) is 1. The number of aromatic nitrogens is 4. The first kappa shape index (κ1) is 30.0. The van der Waals surface area contributed by atoms with E-state index in [9.17, 15) is 19.8 Å². The van der Waals surface area contributed by atoms with E-state index in [1.807, 2.05) is 27.0 Å². The zero-order valence-corrected chi connectivity index (χ0v) is 26.1. The minimum absolute atomic E-state index is 0.00449. The molecule has 0 saturated carbocycles. The Morgan fingerprint density at radius 3 is 1.86 bits per heavy atom. The summed E-state index contributed by atoms with van der Waals surface area (Å²) in [5.74, 6) is -1.71. The number of rotatable bonds is 8. The van der Waals surface area contributed by atoms with Gasteiger partial charge in [0, 0.05) is 42.0 Å². The van der Waals surface area contributed by atoms with Gasteiger partial charge in [0.15, 0.2) is 0 Å². The van der Waals surface area contributed by atoms with Crippen molar-refractivity contribution in [1.82, 2.24) is 19.5 Å². The molecule has 0 spiro atoms. The summed E-state index contributed by atoms with van der Waals surface area (Å²) in [6.07, 6.45) is 2.42. The third-order valence-corrected chi connectivity index (χ3v) is 9.09. The summed E-state index contributed by atoms with van der Waals surface area (Å²) in [6.45, 7) is 12.6. The van der Waals surface area contributed by atoms with Crippen LogP contribution in [0.1, 0.15) is 98.4 Å². The fourth-order valence-electron chi connectivity index (χ4n) is 6.57. The Kier molecular flexibility index (Phi) is 8.14. The maximum Gasteiger partial charge on any atom is 0.303 e. The number of nitrogens with zero attached hydrogens (tertiary/aromatic N) is 3. The van der Waals surface area contributed by atoms with E-state index in [-0.39, 0.29) is 12.8 Å². The van der Waals surface area contributed by atoms with Crippen LogP contribution in [0.25, 0.3) is 44.4 Å². The first-order valence-electron chi connectivity index (χ1n) is 15.0. The van der Waals surface area contributed by atoms with Crippen molar-refractivity contribution in [2.75, 3.05) is 0 Å². The van der Waals surface area contributed by atoms with Gasteiger partial charge in [0.2, 0.25) is 0 Å². The van der Waals surface area contributed by atoms with Gasteiger partial charge in [-0.05, 0) is 122 Å². The van der Waals surface area contributed by atoms with Crippen LogP contribution in [0.5, 0.6) is 0 Å². The zero-order chi connectivity index (χ0) is 31.2. The van der Waals surface area contributed by atoms with Crippen molar-refractivity contribution in [3.05, 3.63) is 69.3 Å². The van der Waals surface area contributed by atoms with Gasteiger partial charge in [0.05, 0.1) is 22.8 Å². The number of carboxylic acids is 2. The summed E-state index contributed by atoms with van der Waals surface area (Å²) >= 11 is 0. The topological polar surface area (TPSA) is 121 Å². The molecule has 2 aliphatic heterocycles. The van der Waals surface area contributed by atoms with Crippen molar-refractivity contribution in [3.8, 4) is 0 Å². The van der Waals surface area contributed by atoms with E-state index in [0.29, 0.717) is 18.5 Å². The smallest absolute Gasteiger partial charge is 0.303 e. The first-order chi connectivity index (χ1) is 20.4. The van der Waals surface area contributed by atoms with Gasteiger partial charge in [-0.15, -0.1) is 0 Å². The molecule has 0 aromatic carbocycles. The molecule has 8 nitrogen and oxygen atoms in total. The van der Waals surface area contributed by atoms with Crippen molar-refractivity contribution in [2.45, 2.75) is 80.1 Å². The van der Waals surface area contributed by atoms with Gasteiger partial charge >= 0.3 is 11.9 Å². The molecule has 5 rings (SSSR count). The monoisotopic (exact) mass is 580 g/mol. The van der Waals surface area contributed by atoms with E-state index in [0.717, 1.165) is 85.4 Å². The number of aliphatic carboxylic acids is 2. The van der Waals surface area contributed by atoms with Gasteiger partial charge < -0.3 is 19.8 Å². The quantitative estimate of drug-likeness (QED) is 0.252. The first-order valence-corrected chi connectivity index (χ1v) is 15.0. The van der Waals surface area contributed by atoms with Gasteiger partial charge in [-0.25, -0.2) is 9.97 Å². The molecule has 0 atom stereocenters. The van der Waals surface area contributed by atoms with Crippen molar-refractivity contribution in [3.63, 3.8) is 0 Å². The number of carboxylic acid groups (broad SMARTS) is 2. The lowest BCUT2D eigenvalue weighted by Gasteiger charge is -2.04. The number of fused-ring (bicyclic) bond motifs is 8. The van der Waals surface area contributed by atoms with Gasteiger partial charge in [0.25, 0.3) is 0 Å². The Labute approximate surface area is 251 Å². The number of hydrogen-bond acceptors (Lipinski definition) is 4. The molecule has 8 heteroatoms. The van der Waals surface area contributed by atoms with Crippen LogP contribution in [0.3, 0.4) is 0 Å². The summed E-state index contributed by atoms with van der Waals surface area (Å²) in [4.78, 5) is 37.0. The Morgan fingerprint density at radius 2 is 1.26 bits per heavy atom. The van der Waals surface area contributed by atoms with Crippen LogP contribution in [0.15, 0.2) is 24.3 Å². The van der Waals surface area contributed by atoms with Crippen molar-refractivity contribution >= 4 is 56.3 Å². The highest BCUT2D eigenvalue weighted by atomic mass is 16.4. The second-order valence-electron chi connectivity index (χ2n) is 11.5. The number of aromatic amines is 1. The number of aryl methyl sites for hydroxylation is 5. The number of hydrogen-bond donors (Lipinski definition) is 3. The van der Waals surface area contributed by atoms with Crippen LogP contribution in [0.4, 0.5) is 0 Å². The van der Waals surface area contributed by atoms with Crippen LogP contribution in [0.2, 0.25) is 0 Å². The zero-order valence-electron chi connectivity index (χ0n) is 26.1. The van der Waals surface area contributed by atoms with Crippen LogP contribution in [0, 0.1) is 13.8 Å². The molecular weight excluding hydrogens is 540 g/mol. The molecule has 8 bridgehead atoms. The maximum atomic E-state index is 11.6. The molecule has 0 radical (unpaired) electrons. The molecule has 3 N–H and O–H groups in total. The fourth-order valence-corrected chi connectivity index (χ4v) is 6.57. The fraction of sp³-hybridized carbons (Fsp3) is 0.371. The number of H-pyrrole nitrogens is 1. The molecule has 3 aromatic heterocycles. The molecule has 224 valence electrons. The van der Waals surface area contributed by atoms with Gasteiger partial charge in [-0.1, -0.05) is 13.8 Å². The standard InChI is InChI=1S/C35H40N4O4/c1-8-22-18(3)26-14-27-20(5)24(10-12-34(40)41)31(38-27)17-33-25(11-13-35(42)43)21(6)32(39(33)7)16-30-23(9-2)19(4)28(37-30)15-29(22)36-26/h14-17,36H,8-13H2,1-7H3,(H,40,41)(H,42,43). The number of allylic oxidation sites excluding steroid dienone is 4. The van der Waals surface area contributed by atoms with Crippen molar-refractivity contribution < 1.29 is 19.8 Å². The van der Waals surface area contributed by atoms with E-state index in [4.69, 9.17) is 9.97 Å². The van der Waals surface area contributed by atoms with Crippen molar-refractivity contribution in [2.24, 2.45) is 7.05 Å². The lowest BCUT2D eigenvalue weighted by atomic mass is 10.00.